The minimum absolute atomic E-state index is 0.231. The van der Waals surface area contributed by atoms with Gasteiger partial charge in [-0.25, -0.2) is 9.78 Å². The first kappa shape index (κ1) is 24.0. The van der Waals surface area contributed by atoms with Crippen molar-refractivity contribution in [1.82, 2.24) is 4.98 Å². The molecule has 2 aliphatic carbocycles. The normalized spacial score (nSPS) is 25.0. The Morgan fingerprint density at radius 3 is 2.06 bits per heavy atom. The lowest BCUT2D eigenvalue weighted by Crippen LogP contribution is -2.38. The summed E-state index contributed by atoms with van der Waals surface area (Å²) in [7, 11) is 0. The quantitative estimate of drug-likeness (QED) is 0.320. The van der Waals surface area contributed by atoms with Crippen LogP contribution in [0.1, 0.15) is 62.0 Å². The molecule has 2 unspecified atom stereocenters. The Morgan fingerprint density at radius 1 is 0.861 bits per heavy atom. The maximum atomic E-state index is 12.6. The number of pyridine rings is 1. The summed E-state index contributed by atoms with van der Waals surface area (Å²) in [6.45, 7) is 4.83. The van der Waals surface area contributed by atoms with E-state index in [9.17, 15) is 9.59 Å². The molecule has 186 valence electrons. The Bertz CT molecular complexity index is 1200. The highest BCUT2D eigenvalue weighted by atomic mass is 16.2. The summed E-state index contributed by atoms with van der Waals surface area (Å²) >= 11 is 0. The van der Waals surface area contributed by atoms with Gasteiger partial charge in [0.05, 0.1) is 0 Å². The number of benzene rings is 2. The van der Waals surface area contributed by atoms with Crippen molar-refractivity contribution in [2.45, 2.75) is 51.4 Å². The van der Waals surface area contributed by atoms with Gasteiger partial charge in [0.25, 0.3) is 0 Å². The third-order valence-corrected chi connectivity index (χ3v) is 7.76. The van der Waals surface area contributed by atoms with Crippen LogP contribution in [0.2, 0.25) is 0 Å². The molecule has 2 aromatic carbocycles. The fraction of sp³-hybridized carbons (Fsp3) is 0.367. The minimum atomic E-state index is -0.281. The van der Waals surface area contributed by atoms with Gasteiger partial charge < -0.3 is 16.0 Å². The van der Waals surface area contributed by atoms with E-state index in [0.29, 0.717) is 23.5 Å². The monoisotopic (exact) mass is 482 g/mol. The fourth-order valence-electron chi connectivity index (χ4n) is 6.45. The van der Waals surface area contributed by atoms with Crippen molar-refractivity contribution >= 4 is 35.2 Å². The summed E-state index contributed by atoms with van der Waals surface area (Å²) in [6, 6.07) is 20.7. The lowest BCUT2D eigenvalue weighted by molar-refractivity contribution is 0.0899. The number of aromatic nitrogens is 1. The number of hydrogen-bond acceptors (Lipinski definition) is 4. The number of urea groups is 1. The van der Waals surface area contributed by atoms with Crippen molar-refractivity contribution < 1.29 is 9.59 Å². The molecule has 2 saturated carbocycles. The molecule has 0 saturated heterocycles. The van der Waals surface area contributed by atoms with Crippen LogP contribution in [0.15, 0.2) is 66.7 Å². The number of nitrogens with zero attached hydrogens (tertiary/aromatic N) is 1. The lowest BCUT2D eigenvalue weighted by Gasteiger charge is -2.47. The highest BCUT2D eigenvalue weighted by molar-refractivity contribution is 5.99. The van der Waals surface area contributed by atoms with E-state index in [-0.39, 0.29) is 11.4 Å². The molecule has 2 bridgehead atoms. The number of anilines is 4. The number of amides is 2. The minimum Gasteiger partial charge on any atom is -0.340 e. The van der Waals surface area contributed by atoms with Crippen molar-refractivity contribution in [1.29, 1.82) is 0 Å². The topological polar surface area (TPSA) is 83.1 Å². The van der Waals surface area contributed by atoms with Gasteiger partial charge in [0.15, 0.2) is 6.29 Å². The number of rotatable bonds is 6. The summed E-state index contributed by atoms with van der Waals surface area (Å²) in [5.41, 5.74) is 4.25. The molecule has 2 atom stereocenters. The van der Waals surface area contributed by atoms with Crippen LogP contribution in [-0.4, -0.2) is 17.3 Å². The average Bonchev–Trinajstić information content (AvgIpc) is 2.85. The molecule has 0 spiro atoms. The second-order valence-electron chi connectivity index (χ2n) is 10.9. The molecule has 2 amide bonds. The van der Waals surface area contributed by atoms with Gasteiger partial charge >= 0.3 is 6.03 Å². The Kier molecular flexibility index (Phi) is 6.77. The van der Waals surface area contributed by atoms with Crippen LogP contribution < -0.4 is 16.0 Å². The molecule has 3 N–H and O–H groups in total. The summed E-state index contributed by atoms with van der Waals surface area (Å²) in [5.74, 6) is 3.15. The molecule has 1 heterocycles. The zero-order valence-electron chi connectivity index (χ0n) is 21.0. The number of carbonyl (C=O) groups is 2. The molecule has 6 nitrogen and oxygen atoms in total. The average molecular weight is 483 g/mol. The first-order valence-corrected chi connectivity index (χ1v) is 12.9. The maximum Gasteiger partial charge on any atom is 0.323 e. The van der Waals surface area contributed by atoms with Crippen LogP contribution in [-0.2, 0) is 5.41 Å². The summed E-state index contributed by atoms with van der Waals surface area (Å²) < 4.78 is 0. The molecule has 2 aliphatic rings. The Morgan fingerprint density at radius 2 is 1.44 bits per heavy atom. The number of carbonyl (C=O) groups excluding carboxylic acids is 2. The third-order valence-electron chi connectivity index (χ3n) is 7.76. The SMILES string of the molecule is CC1CC2CC(C1)CC(C)(c1ccc(NC(=O)Nc3ccc(Nc4cccc(C=O)n4)cc3)cc1)C2. The van der Waals surface area contributed by atoms with E-state index in [1.54, 1.807) is 18.2 Å². The number of aldehydes is 1. The third kappa shape index (κ3) is 5.59. The zero-order chi connectivity index (χ0) is 25.1. The lowest BCUT2D eigenvalue weighted by atomic mass is 9.57. The Balaban J connectivity index is 1.16. The van der Waals surface area contributed by atoms with Crippen LogP contribution in [0.3, 0.4) is 0 Å². The van der Waals surface area contributed by atoms with Crippen molar-refractivity contribution in [2.75, 3.05) is 16.0 Å². The van der Waals surface area contributed by atoms with E-state index >= 15 is 0 Å². The van der Waals surface area contributed by atoms with Crippen LogP contribution in [0.5, 0.6) is 0 Å². The molecule has 6 heteroatoms. The molecule has 36 heavy (non-hydrogen) atoms. The highest BCUT2D eigenvalue weighted by Gasteiger charge is 2.41. The highest BCUT2D eigenvalue weighted by Crippen LogP contribution is 2.51. The van der Waals surface area contributed by atoms with E-state index < -0.39 is 0 Å². The first-order chi connectivity index (χ1) is 17.4. The molecular formula is C30H34N4O2. The molecule has 3 aromatic rings. The molecule has 2 fully saturated rings. The predicted octanol–water partition coefficient (Wildman–Crippen LogP) is 7.39. The van der Waals surface area contributed by atoms with Crippen molar-refractivity contribution in [2.24, 2.45) is 17.8 Å². The second kappa shape index (κ2) is 10.1. The van der Waals surface area contributed by atoms with Gasteiger partial charge in [0.2, 0.25) is 0 Å². The van der Waals surface area contributed by atoms with E-state index in [4.69, 9.17) is 0 Å². The van der Waals surface area contributed by atoms with E-state index in [1.165, 1.54) is 37.7 Å². The predicted molar refractivity (Wildman–Crippen MR) is 145 cm³/mol. The second-order valence-corrected chi connectivity index (χ2v) is 10.9. The number of nitrogens with one attached hydrogen (secondary N) is 3. The Hall–Kier alpha value is -3.67. The number of hydrogen-bond donors (Lipinski definition) is 3. The van der Waals surface area contributed by atoms with Crippen molar-refractivity contribution in [3.63, 3.8) is 0 Å². The van der Waals surface area contributed by atoms with Gasteiger partial charge in [0.1, 0.15) is 11.5 Å². The molecule has 0 radical (unpaired) electrons. The molecule has 0 aliphatic heterocycles. The summed E-state index contributed by atoms with van der Waals surface area (Å²) in [6.07, 6.45) is 7.39. The van der Waals surface area contributed by atoms with Gasteiger partial charge in [-0.2, -0.15) is 0 Å². The molecule has 5 rings (SSSR count). The van der Waals surface area contributed by atoms with Crippen molar-refractivity contribution in [3.05, 3.63) is 78.0 Å². The molecule has 1 aromatic heterocycles. The van der Waals surface area contributed by atoms with Crippen LogP contribution in [0, 0.1) is 17.8 Å². The van der Waals surface area contributed by atoms with Gasteiger partial charge in [-0.3, -0.25) is 4.79 Å². The van der Waals surface area contributed by atoms with Crippen LogP contribution in [0.4, 0.5) is 27.7 Å². The van der Waals surface area contributed by atoms with E-state index in [0.717, 1.165) is 29.1 Å². The standard InChI is InChI=1S/C30H34N4O2/c1-20-14-21-16-22(15-20)18-30(2,17-21)23-6-8-25(9-7-23)33-29(36)34-26-12-10-24(11-13-26)31-28-5-3-4-27(19-35)32-28/h3-13,19-22H,14-18H2,1-2H3,(H,31,32)(H2,33,34,36). The van der Waals surface area contributed by atoms with Gasteiger partial charge in [-0.1, -0.05) is 32.0 Å². The summed E-state index contributed by atoms with van der Waals surface area (Å²) in [5, 5.41) is 8.96. The van der Waals surface area contributed by atoms with Crippen LogP contribution in [0.25, 0.3) is 0 Å². The smallest absolute Gasteiger partial charge is 0.323 e. The first-order valence-electron chi connectivity index (χ1n) is 12.9. The van der Waals surface area contributed by atoms with Crippen molar-refractivity contribution in [3.8, 4) is 0 Å². The van der Waals surface area contributed by atoms with Gasteiger partial charge in [-0.15, -0.1) is 0 Å². The maximum absolute atomic E-state index is 12.6. The largest absolute Gasteiger partial charge is 0.340 e. The number of fused-ring (bicyclic) bond motifs is 2. The van der Waals surface area contributed by atoms with Crippen LogP contribution >= 0.6 is 0 Å². The van der Waals surface area contributed by atoms with Gasteiger partial charge in [0, 0.05) is 17.1 Å². The van der Waals surface area contributed by atoms with E-state index in [1.807, 2.05) is 36.4 Å². The van der Waals surface area contributed by atoms with E-state index in [2.05, 4.69) is 46.9 Å². The van der Waals surface area contributed by atoms with Gasteiger partial charge in [-0.05, 0) is 109 Å². The fourth-order valence-corrected chi connectivity index (χ4v) is 6.45. The molecular weight excluding hydrogens is 448 g/mol. The summed E-state index contributed by atoms with van der Waals surface area (Å²) in [4.78, 5) is 27.7. The Labute approximate surface area is 212 Å². The zero-order valence-corrected chi connectivity index (χ0v) is 21.0.